The predicted octanol–water partition coefficient (Wildman–Crippen LogP) is 1.42. The summed E-state index contributed by atoms with van der Waals surface area (Å²) in [5, 5.41) is 3.06. The van der Waals surface area contributed by atoms with Gasteiger partial charge >= 0.3 is 0 Å². The molecule has 82 valence electrons. The van der Waals surface area contributed by atoms with Gasteiger partial charge in [-0.15, -0.1) is 0 Å². The number of amides is 1. The Kier molecular flexibility index (Phi) is 3.93. The van der Waals surface area contributed by atoms with Gasteiger partial charge in [0.2, 0.25) is 5.91 Å². The molecule has 0 aromatic rings. The van der Waals surface area contributed by atoms with Gasteiger partial charge in [-0.3, -0.25) is 4.79 Å². The molecule has 1 aliphatic rings. The normalized spacial score (nSPS) is 20.2. The van der Waals surface area contributed by atoms with Crippen molar-refractivity contribution in [2.75, 3.05) is 6.54 Å². The molecule has 1 amide bonds. The van der Waals surface area contributed by atoms with Gasteiger partial charge in [0.05, 0.1) is 0 Å². The van der Waals surface area contributed by atoms with Crippen LogP contribution in [0.5, 0.6) is 0 Å². The van der Waals surface area contributed by atoms with Crippen molar-refractivity contribution in [3.63, 3.8) is 0 Å². The molecule has 0 aromatic carbocycles. The van der Waals surface area contributed by atoms with Gasteiger partial charge in [0, 0.05) is 12.0 Å². The summed E-state index contributed by atoms with van der Waals surface area (Å²) in [5.41, 5.74) is 5.58. The second kappa shape index (κ2) is 4.78. The zero-order valence-electron chi connectivity index (χ0n) is 9.31. The van der Waals surface area contributed by atoms with Gasteiger partial charge in [0.1, 0.15) is 0 Å². The summed E-state index contributed by atoms with van der Waals surface area (Å²) in [4.78, 5) is 11.5. The van der Waals surface area contributed by atoms with E-state index in [1.807, 2.05) is 0 Å². The van der Waals surface area contributed by atoms with Gasteiger partial charge in [-0.05, 0) is 45.1 Å². The Morgan fingerprint density at radius 3 is 2.64 bits per heavy atom. The van der Waals surface area contributed by atoms with Crippen molar-refractivity contribution in [3.05, 3.63) is 0 Å². The number of hydrogen-bond acceptors (Lipinski definition) is 2. The van der Waals surface area contributed by atoms with Gasteiger partial charge in [0.15, 0.2) is 0 Å². The largest absolute Gasteiger partial charge is 0.351 e. The number of carbonyl (C=O) groups is 1. The molecule has 14 heavy (non-hydrogen) atoms. The van der Waals surface area contributed by atoms with E-state index in [1.165, 1.54) is 0 Å². The molecule has 0 heterocycles. The summed E-state index contributed by atoms with van der Waals surface area (Å²) in [6.07, 6.45) is 4.90. The maximum atomic E-state index is 11.5. The minimum Gasteiger partial charge on any atom is -0.351 e. The Bertz CT molecular complexity index is 199. The van der Waals surface area contributed by atoms with Crippen molar-refractivity contribution in [1.82, 2.24) is 5.32 Å². The summed E-state index contributed by atoms with van der Waals surface area (Å²) >= 11 is 0. The molecular weight excluding hydrogens is 176 g/mol. The Balaban J connectivity index is 2.08. The molecule has 1 unspecified atom stereocenters. The molecule has 0 radical (unpaired) electrons. The molecule has 3 heteroatoms. The lowest BCUT2D eigenvalue weighted by atomic mass is 10.0. The van der Waals surface area contributed by atoms with Crippen LogP contribution in [0.1, 0.15) is 46.0 Å². The van der Waals surface area contributed by atoms with E-state index < -0.39 is 0 Å². The van der Waals surface area contributed by atoms with Crippen LogP contribution in [0.4, 0.5) is 0 Å². The molecular formula is C11H22N2O. The van der Waals surface area contributed by atoms with Crippen molar-refractivity contribution in [2.24, 2.45) is 11.7 Å². The molecule has 1 atom stereocenters. The third-order valence-corrected chi connectivity index (χ3v) is 2.96. The van der Waals surface area contributed by atoms with Gasteiger partial charge in [-0.25, -0.2) is 0 Å². The highest BCUT2D eigenvalue weighted by Crippen LogP contribution is 2.34. The molecule has 0 aromatic heterocycles. The third kappa shape index (κ3) is 4.09. The first-order valence-corrected chi connectivity index (χ1v) is 5.57. The van der Waals surface area contributed by atoms with Crippen molar-refractivity contribution >= 4 is 5.91 Å². The van der Waals surface area contributed by atoms with Crippen LogP contribution < -0.4 is 11.1 Å². The van der Waals surface area contributed by atoms with E-state index in [0.29, 0.717) is 12.3 Å². The average molecular weight is 198 g/mol. The smallest absolute Gasteiger partial charge is 0.220 e. The first-order valence-electron chi connectivity index (χ1n) is 5.57. The predicted molar refractivity (Wildman–Crippen MR) is 57.9 cm³/mol. The van der Waals surface area contributed by atoms with E-state index >= 15 is 0 Å². The lowest BCUT2D eigenvalue weighted by molar-refractivity contribution is -0.122. The average Bonchev–Trinajstić information content (AvgIpc) is 2.80. The first kappa shape index (κ1) is 11.5. The van der Waals surface area contributed by atoms with E-state index in [0.717, 1.165) is 32.2 Å². The molecule has 0 spiro atoms. The van der Waals surface area contributed by atoms with Crippen LogP contribution in [-0.2, 0) is 4.79 Å². The van der Waals surface area contributed by atoms with Crippen LogP contribution in [0, 0.1) is 5.92 Å². The number of rotatable bonds is 6. The highest BCUT2D eigenvalue weighted by Gasteiger charge is 2.38. The minimum atomic E-state index is 0.133. The SMILES string of the molecule is CC(CCN)CCC(=O)NC1(C)CC1. The van der Waals surface area contributed by atoms with E-state index in [-0.39, 0.29) is 11.4 Å². The highest BCUT2D eigenvalue weighted by molar-refractivity contribution is 5.77. The van der Waals surface area contributed by atoms with E-state index in [9.17, 15) is 4.79 Å². The van der Waals surface area contributed by atoms with Gasteiger partial charge in [-0.1, -0.05) is 6.92 Å². The summed E-state index contributed by atoms with van der Waals surface area (Å²) < 4.78 is 0. The maximum absolute atomic E-state index is 11.5. The lowest BCUT2D eigenvalue weighted by Gasteiger charge is -2.13. The van der Waals surface area contributed by atoms with Crippen LogP contribution in [0.3, 0.4) is 0 Å². The van der Waals surface area contributed by atoms with E-state index in [4.69, 9.17) is 5.73 Å². The van der Waals surface area contributed by atoms with Crippen LogP contribution in [-0.4, -0.2) is 18.0 Å². The Morgan fingerprint density at radius 2 is 2.14 bits per heavy atom. The fourth-order valence-electron chi connectivity index (χ4n) is 1.52. The Morgan fingerprint density at radius 1 is 1.50 bits per heavy atom. The highest BCUT2D eigenvalue weighted by atomic mass is 16.1. The van der Waals surface area contributed by atoms with Crippen molar-refractivity contribution < 1.29 is 4.79 Å². The van der Waals surface area contributed by atoms with Gasteiger partial charge in [-0.2, -0.15) is 0 Å². The quantitative estimate of drug-likeness (QED) is 0.678. The third-order valence-electron chi connectivity index (χ3n) is 2.96. The number of hydrogen-bond donors (Lipinski definition) is 2. The molecule has 1 fully saturated rings. The molecule has 3 N–H and O–H groups in total. The second-order valence-electron chi connectivity index (χ2n) is 4.83. The van der Waals surface area contributed by atoms with Crippen molar-refractivity contribution in [2.45, 2.75) is 51.5 Å². The molecule has 1 aliphatic carbocycles. The Labute approximate surface area is 86.4 Å². The van der Waals surface area contributed by atoms with Crippen LogP contribution in [0.2, 0.25) is 0 Å². The van der Waals surface area contributed by atoms with E-state index in [1.54, 1.807) is 0 Å². The monoisotopic (exact) mass is 198 g/mol. The summed E-state index contributed by atoms with van der Waals surface area (Å²) in [7, 11) is 0. The molecule has 0 saturated heterocycles. The summed E-state index contributed by atoms with van der Waals surface area (Å²) in [6.45, 7) is 4.98. The van der Waals surface area contributed by atoms with Crippen LogP contribution in [0.15, 0.2) is 0 Å². The van der Waals surface area contributed by atoms with Crippen LogP contribution in [0.25, 0.3) is 0 Å². The van der Waals surface area contributed by atoms with Gasteiger partial charge < -0.3 is 11.1 Å². The fraction of sp³-hybridized carbons (Fsp3) is 0.909. The Hall–Kier alpha value is -0.570. The second-order valence-corrected chi connectivity index (χ2v) is 4.83. The first-order chi connectivity index (χ1) is 6.56. The fourth-order valence-corrected chi connectivity index (χ4v) is 1.52. The van der Waals surface area contributed by atoms with Crippen LogP contribution >= 0.6 is 0 Å². The zero-order chi connectivity index (χ0) is 10.6. The molecule has 0 bridgehead atoms. The number of nitrogens with two attached hydrogens (primary N) is 1. The number of nitrogens with one attached hydrogen (secondary N) is 1. The molecule has 0 aliphatic heterocycles. The summed E-state index contributed by atoms with van der Waals surface area (Å²) in [5.74, 6) is 0.770. The topological polar surface area (TPSA) is 55.1 Å². The zero-order valence-corrected chi connectivity index (χ0v) is 9.31. The molecule has 3 nitrogen and oxygen atoms in total. The lowest BCUT2D eigenvalue weighted by Crippen LogP contribution is -2.34. The van der Waals surface area contributed by atoms with Crippen molar-refractivity contribution in [3.8, 4) is 0 Å². The maximum Gasteiger partial charge on any atom is 0.220 e. The molecule has 1 saturated carbocycles. The van der Waals surface area contributed by atoms with Crippen molar-refractivity contribution in [1.29, 1.82) is 0 Å². The summed E-state index contributed by atoms with van der Waals surface area (Å²) in [6, 6.07) is 0. The standard InChI is InChI=1S/C11H22N2O/c1-9(5-8-12)3-4-10(14)13-11(2)6-7-11/h9H,3-8,12H2,1-2H3,(H,13,14). The minimum absolute atomic E-state index is 0.133. The van der Waals surface area contributed by atoms with Gasteiger partial charge in [0.25, 0.3) is 0 Å². The van der Waals surface area contributed by atoms with E-state index in [2.05, 4.69) is 19.2 Å². The molecule has 1 rings (SSSR count). The number of carbonyl (C=O) groups excluding carboxylic acids is 1.